The number of aromatic nitrogens is 4. The Kier molecular flexibility index (Phi) is 2.02. The van der Waals surface area contributed by atoms with Crippen molar-refractivity contribution >= 4 is 12.3 Å². The third kappa shape index (κ3) is 1.58. The molecular formula is C2H4N8. The smallest absolute Gasteiger partial charge is 0.307 e. The Morgan fingerprint density at radius 3 is 3.10 bits per heavy atom. The number of hydrazone groups is 1. The van der Waals surface area contributed by atoms with E-state index < -0.39 is 0 Å². The molecule has 0 radical (unpaired) electrons. The molecule has 0 spiro atoms. The van der Waals surface area contributed by atoms with Crippen LogP contribution in [-0.2, 0) is 0 Å². The van der Waals surface area contributed by atoms with Gasteiger partial charge < -0.3 is 5.84 Å². The van der Waals surface area contributed by atoms with Crippen LogP contribution in [0.1, 0.15) is 0 Å². The highest BCUT2D eigenvalue weighted by Crippen LogP contribution is 1.95. The number of azo groups is 1. The van der Waals surface area contributed by atoms with E-state index >= 15 is 0 Å². The molecule has 1 rings (SSSR count). The van der Waals surface area contributed by atoms with Crippen LogP contribution in [-0.4, -0.2) is 27.0 Å². The van der Waals surface area contributed by atoms with E-state index in [1.165, 1.54) is 0 Å². The molecule has 0 aliphatic carbocycles. The van der Waals surface area contributed by atoms with Gasteiger partial charge in [-0.25, -0.2) is 0 Å². The molecule has 10 heavy (non-hydrogen) atoms. The first-order chi connectivity index (χ1) is 4.93. The average molecular weight is 140 g/mol. The Morgan fingerprint density at radius 2 is 2.50 bits per heavy atom. The van der Waals surface area contributed by atoms with Crippen LogP contribution in [0.2, 0.25) is 0 Å². The van der Waals surface area contributed by atoms with Crippen molar-refractivity contribution in [3.8, 4) is 0 Å². The van der Waals surface area contributed by atoms with E-state index in [4.69, 9.17) is 5.84 Å². The fraction of sp³-hybridized carbons (Fsp3) is 0. The highest BCUT2D eigenvalue weighted by Gasteiger charge is 1.88. The van der Waals surface area contributed by atoms with Gasteiger partial charge in [0, 0.05) is 0 Å². The summed E-state index contributed by atoms with van der Waals surface area (Å²) in [5.41, 5.74) is 0. The number of hydrogen-bond acceptors (Lipinski definition) is 6. The van der Waals surface area contributed by atoms with Gasteiger partial charge in [0.1, 0.15) is 0 Å². The highest BCUT2D eigenvalue weighted by atomic mass is 15.5. The molecule has 8 nitrogen and oxygen atoms in total. The number of nitrogens with two attached hydrogens (primary N) is 1. The first kappa shape index (κ1) is 6.26. The van der Waals surface area contributed by atoms with Gasteiger partial charge in [-0.3, -0.25) is 0 Å². The van der Waals surface area contributed by atoms with Crippen molar-refractivity contribution in [2.45, 2.75) is 0 Å². The molecule has 8 heteroatoms. The van der Waals surface area contributed by atoms with E-state index in [0.29, 0.717) is 0 Å². The molecule has 0 unspecified atom stereocenters. The van der Waals surface area contributed by atoms with Crippen molar-refractivity contribution in [1.29, 1.82) is 0 Å². The van der Waals surface area contributed by atoms with Gasteiger partial charge in [-0.05, 0) is 5.21 Å². The Labute approximate surface area is 55.2 Å². The van der Waals surface area contributed by atoms with Crippen molar-refractivity contribution in [3.05, 3.63) is 0 Å². The van der Waals surface area contributed by atoms with Crippen molar-refractivity contribution < 1.29 is 0 Å². The standard InChI is InChI=1S/C2H4N8/c3-4-1-5-6-2-7-9-10-8-2/h1H,3H2,(H,7,8,9,10). The predicted molar refractivity (Wildman–Crippen MR) is 31.4 cm³/mol. The number of tetrazole rings is 1. The van der Waals surface area contributed by atoms with Crippen LogP contribution in [0.25, 0.3) is 0 Å². The Bertz CT molecular complexity index is 219. The fourth-order valence-electron chi connectivity index (χ4n) is 0.306. The lowest BCUT2D eigenvalue weighted by molar-refractivity contribution is 0.881. The van der Waals surface area contributed by atoms with Gasteiger partial charge in [0.2, 0.25) is 0 Å². The molecule has 52 valence electrons. The maximum absolute atomic E-state index is 4.72. The minimum absolute atomic E-state index is 0.139. The zero-order valence-electron chi connectivity index (χ0n) is 4.84. The number of rotatable bonds is 2. The largest absolute Gasteiger partial charge is 0.322 e. The lowest BCUT2D eigenvalue weighted by Gasteiger charge is -1.71. The maximum atomic E-state index is 4.72. The second-order valence-corrected chi connectivity index (χ2v) is 1.19. The summed E-state index contributed by atoms with van der Waals surface area (Å²) in [6.07, 6.45) is 1.07. The van der Waals surface area contributed by atoms with E-state index in [9.17, 15) is 0 Å². The van der Waals surface area contributed by atoms with Crippen LogP contribution >= 0.6 is 0 Å². The Hall–Kier alpha value is -1.86. The fourth-order valence-corrected chi connectivity index (χ4v) is 0.306. The number of nitrogens with one attached hydrogen (secondary N) is 1. The summed E-state index contributed by atoms with van der Waals surface area (Å²) in [5, 5.41) is 22.2. The van der Waals surface area contributed by atoms with E-state index in [1.807, 2.05) is 0 Å². The molecule has 0 amide bonds. The Balaban J connectivity index is 2.55. The minimum Gasteiger partial charge on any atom is -0.322 e. The molecule has 0 aliphatic rings. The van der Waals surface area contributed by atoms with Gasteiger partial charge in [-0.1, -0.05) is 5.10 Å². The van der Waals surface area contributed by atoms with E-state index in [1.54, 1.807) is 0 Å². The van der Waals surface area contributed by atoms with E-state index in [0.717, 1.165) is 6.34 Å². The van der Waals surface area contributed by atoms with Gasteiger partial charge in [0.15, 0.2) is 6.34 Å². The van der Waals surface area contributed by atoms with Crippen molar-refractivity contribution in [2.75, 3.05) is 0 Å². The minimum atomic E-state index is 0.139. The molecule has 1 heterocycles. The van der Waals surface area contributed by atoms with Crippen LogP contribution in [0.15, 0.2) is 15.3 Å². The first-order valence-corrected chi connectivity index (χ1v) is 2.29. The zero-order valence-corrected chi connectivity index (χ0v) is 4.84. The molecule has 1 aromatic rings. The maximum Gasteiger partial charge on any atom is 0.307 e. The molecule has 0 aliphatic heterocycles. The number of nitrogens with zero attached hydrogens (tertiary/aromatic N) is 6. The van der Waals surface area contributed by atoms with Crippen molar-refractivity contribution in [1.82, 2.24) is 20.6 Å². The highest BCUT2D eigenvalue weighted by molar-refractivity contribution is 5.53. The molecule has 1 aromatic heterocycles. The van der Waals surface area contributed by atoms with Gasteiger partial charge in [-0.2, -0.15) is 10.3 Å². The van der Waals surface area contributed by atoms with E-state index in [2.05, 4.69) is 36.0 Å². The summed E-state index contributed by atoms with van der Waals surface area (Å²) in [5.74, 6) is 4.86. The van der Waals surface area contributed by atoms with Crippen LogP contribution in [0.5, 0.6) is 0 Å². The van der Waals surface area contributed by atoms with Crippen LogP contribution in [0.3, 0.4) is 0 Å². The first-order valence-electron chi connectivity index (χ1n) is 2.29. The van der Waals surface area contributed by atoms with Crippen molar-refractivity contribution in [3.63, 3.8) is 0 Å². The molecule has 0 saturated heterocycles. The summed E-state index contributed by atoms with van der Waals surface area (Å²) in [7, 11) is 0. The summed E-state index contributed by atoms with van der Waals surface area (Å²) < 4.78 is 0. The summed E-state index contributed by atoms with van der Waals surface area (Å²) in [6, 6.07) is 0. The third-order valence-corrected chi connectivity index (χ3v) is 0.600. The Morgan fingerprint density at radius 1 is 1.60 bits per heavy atom. The second-order valence-electron chi connectivity index (χ2n) is 1.19. The molecule has 3 N–H and O–H groups in total. The topological polar surface area (TPSA) is 118 Å². The van der Waals surface area contributed by atoms with Gasteiger partial charge in [-0.15, -0.1) is 15.3 Å². The normalized spacial score (nSPS) is 11.6. The quantitative estimate of drug-likeness (QED) is 0.183. The molecule has 0 atom stereocenters. The zero-order chi connectivity index (χ0) is 7.23. The van der Waals surface area contributed by atoms with Crippen LogP contribution in [0, 0.1) is 0 Å². The van der Waals surface area contributed by atoms with Gasteiger partial charge in [0.05, 0.1) is 0 Å². The molecule has 0 saturated carbocycles. The van der Waals surface area contributed by atoms with Gasteiger partial charge >= 0.3 is 5.95 Å². The lowest BCUT2D eigenvalue weighted by atomic mass is 11.1. The van der Waals surface area contributed by atoms with E-state index in [-0.39, 0.29) is 5.95 Å². The summed E-state index contributed by atoms with van der Waals surface area (Å²) in [6.45, 7) is 0. The molecule has 0 fully saturated rings. The molecular weight excluding hydrogens is 136 g/mol. The third-order valence-electron chi connectivity index (χ3n) is 0.600. The number of aromatic amines is 1. The van der Waals surface area contributed by atoms with Crippen LogP contribution < -0.4 is 5.84 Å². The average Bonchev–Trinajstić information content (AvgIpc) is 2.41. The van der Waals surface area contributed by atoms with Gasteiger partial charge in [0.25, 0.3) is 0 Å². The van der Waals surface area contributed by atoms with Crippen molar-refractivity contribution in [2.24, 2.45) is 21.2 Å². The SMILES string of the molecule is NN=CN=Nc1nn[nH]n1. The second kappa shape index (κ2) is 3.22. The summed E-state index contributed by atoms with van der Waals surface area (Å²) >= 11 is 0. The number of H-pyrrole nitrogens is 1. The molecule has 0 aromatic carbocycles. The summed E-state index contributed by atoms with van der Waals surface area (Å²) in [4.78, 5) is 0. The number of hydrogen-bond donors (Lipinski definition) is 2. The molecule has 0 bridgehead atoms. The lowest BCUT2D eigenvalue weighted by Crippen LogP contribution is -1.77. The van der Waals surface area contributed by atoms with Crippen LogP contribution in [0.4, 0.5) is 5.95 Å². The predicted octanol–water partition coefficient (Wildman–Crippen LogP) is -0.815. The monoisotopic (exact) mass is 140 g/mol.